The van der Waals surface area contributed by atoms with Gasteiger partial charge in [-0.05, 0) is 36.2 Å². The highest BCUT2D eigenvalue weighted by molar-refractivity contribution is 7.99. The van der Waals surface area contributed by atoms with Crippen LogP contribution < -0.4 is 5.32 Å². The topological polar surface area (TPSA) is 64.7 Å². The molecule has 1 N–H and O–H groups in total. The zero-order chi connectivity index (χ0) is 17.6. The summed E-state index contributed by atoms with van der Waals surface area (Å²) in [6.45, 7) is 4.13. The maximum Gasteiger partial charge on any atom is 0.234 e. The molecule has 1 aromatic carbocycles. The third-order valence-electron chi connectivity index (χ3n) is 3.76. The lowest BCUT2D eigenvalue weighted by molar-refractivity contribution is -0.113. The Kier molecular flexibility index (Phi) is 5.55. The molecule has 0 unspecified atom stereocenters. The molecule has 25 heavy (non-hydrogen) atoms. The van der Waals surface area contributed by atoms with Crippen molar-refractivity contribution < 1.29 is 4.79 Å². The lowest BCUT2D eigenvalue weighted by atomic mass is 10.1. The summed E-state index contributed by atoms with van der Waals surface area (Å²) in [5, 5.41) is 12.1. The molecule has 0 saturated carbocycles. The van der Waals surface area contributed by atoms with Gasteiger partial charge in [0.1, 0.15) is 0 Å². The molecule has 0 bridgehead atoms. The molecule has 0 atom stereocenters. The highest BCUT2D eigenvalue weighted by atomic mass is 32.2. The first-order chi connectivity index (χ1) is 12.2. The number of amides is 1. The van der Waals surface area contributed by atoms with E-state index in [2.05, 4.69) is 28.5 Å². The molecule has 0 radical (unpaired) electrons. The summed E-state index contributed by atoms with van der Waals surface area (Å²) in [7, 11) is 0. The number of benzene rings is 1. The molecule has 0 aliphatic heterocycles. The summed E-state index contributed by atoms with van der Waals surface area (Å²) >= 11 is 1.38. The number of anilines is 1. The van der Waals surface area contributed by atoms with Gasteiger partial charge < -0.3 is 5.32 Å². The van der Waals surface area contributed by atoms with Crippen molar-refractivity contribution in [3.05, 3.63) is 60.2 Å². The van der Waals surface area contributed by atoms with Gasteiger partial charge in [0.2, 0.25) is 11.1 Å². The molecule has 2 aromatic heterocycles. The van der Waals surface area contributed by atoms with Crippen LogP contribution in [0.1, 0.15) is 25.2 Å². The minimum Gasteiger partial charge on any atom is -0.325 e. The molecule has 7 heteroatoms. The average molecular weight is 355 g/mol. The molecule has 2 heterocycles. The van der Waals surface area contributed by atoms with Gasteiger partial charge in [-0.3, -0.25) is 9.47 Å². The first-order valence-electron chi connectivity index (χ1n) is 8.30. The minimum absolute atomic E-state index is 0.0571. The van der Waals surface area contributed by atoms with E-state index in [1.165, 1.54) is 17.3 Å². The van der Waals surface area contributed by atoms with E-state index in [1.54, 1.807) is 0 Å². The Bertz CT molecular complexity index is 841. The molecular formula is C18H21N5OS. The van der Waals surface area contributed by atoms with Gasteiger partial charge in [0.15, 0.2) is 5.82 Å². The molecule has 3 aromatic rings. The van der Waals surface area contributed by atoms with Crippen LogP contribution in [-0.4, -0.2) is 31.2 Å². The van der Waals surface area contributed by atoms with E-state index in [4.69, 9.17) is 0 Å². The Morgan fingerprint density at radius 3 is 2.64 bits per heavy atom. The maximum absolute atomic E-state index is 12.3. The monoisotopic (exact) mass is 355 g/mol. The Labute approximate surface area is 151 Å². The van der Waals surface area contributed by atoms with Crippen LogP contribution in [-0.2, 0) is 17.6 Å². The fourth-order valence-electron chi connectivity index (χ4n) is 2.49. The van der Waals surface area contributed by atoms with Crippen molar-refractivity contribution in [2.75, 3.05) is 11.1 Å². The second-order valence-electron chi connectivity index (χ2n) is 5.52. The molecule has 0 spiro atoms. The van der Waals surface area contributed by atoms with Crippen molar-refractivity contribution in [2.45, 2.75) is 31.8 Å². The number of hydrogen-bond acceptors (Lipinski definition) is 4. The van der Waals surface area contributed by atoms with Crippen molar-refractivity contribution in [3.63, 3.8) is 0 Å². The molecule has 0 aliphatic rings. The number of hydrogen-bond donors (Lipinski definition) is 1. The normalized spacial score (nSPS) is 10.8. The van der Waals surface area contributed by atoms with Crippen LogP contribution in [0.4, 0.5) is 5.69 Å². The second-order valence-corrected chi connectivity index (χ2v) is 6.46. The van der Waals surface area contributed by atoms with E-state index in [1.807, 2.05) is 59.0 Å². The molecule has 0 aliphatic carbocycles. The third-order valence-corrected chi connectivity index (χ3v) is 4.68. The number of aromatic nitrogens is 4. The maximum atomic E-state index is 12.3. The lowest BCUT2D eigenvalue weighted by Gasteiger charge is -2.10. The number of carbonyl (C=O) groups excluding carboxylic acids is 1. The number of thioether (sulfide) groups is 1. The molecule has 3 rings (SSSR count). The van der Waals surface area contributed by atoms with Gasteiger partial charge in [0.05, 0.1) is 5.75 Å². The highest BCUT2D eigenvalue weighted by Crippen LogP contribution is 2.19. The van der Waals surface area contributed by atoms with Gasteiger partial charge in [0, 0.05) is 24.5 Å². The Morgan fingerprint density at radius 1 is 1.12 bits per heavy atom. The number of nitrogens with zero attached hydrogens (tertiary/aromatic N) is 4. The zero-order valence-corrected chi connectivity index (χ0v) is 15.2. The van der Waals surface area contributed by atoms with E-state index >= 15 is 0 Å². The van der Waals surface area contributed by atoms with Crippen LogP contribution in [0.3, 0.4) is 0 Å². The van der Waals surface area contributed by atoms with Crippen LogP contribution in [0.5, 0.6) is 0 Å². The predicted molar refractivity (Wildman–Crippen MR) is 99.8 cm³/mol. The summed E-state index contributed by atoms with van der Waals surface area (Å²) < 4.78 is 3.85. The van der Waals surface area contributed by atoms with Crippen molar-refractivity contribution in [3.8, 4) is 0 Å². The van der Waals surface area contributed by atoms with E-state index in [0.29, 0.717) is 5.16 Å². The number of rotatable bonds is 7. The fraction of sp³-hybridized carbons (Fsp3) is 0.278. The van der Waals surface area contributed by atoms with Crippen molar-refractivity contribution in [1.29, 1.82) is 0 Å². The van der Waals surface area contributed by atoms with Gasteiger partial charge in [-0.25, -0.2) is 4.68 Å². The molecule has 0 fully saturated rings. The number of nitrogens with one attached hydrogen (secondary N) is 1. The first-order valence-corrected chi connectivity index (χ1v) is 9.29. The van der Waals surface area contributed by atoms with Gasteiger partial charge in [-0.15, -0.1) is 10.2 Å². The smallest absolute Gasteiger partial charge is 0.234 e. The summed E-state index contributed by atoms with van der Waals surface area (Å²) in [6.07, 6.45) is 5.58. The largest absolute Gasteiger partial charge is 0.325 e. The van der Waals surface area contributed by atoms with Gasteiger partial charge >= 0.3 is 0 Å². The quantitative estimate of drug-likeness (QED) is 0.661. The molecule has 6 nitrogen and oxygen atoms in total. The Morgan fingerprint density at radius 2 is 1.92 bits per heavy atom. The molecule has 130 valence electrons. The van der Waals surface area contributed by atoms with Crippen molar-refractivity contribution in [1.82, 2.24) is 19.5 Å². The summed E-state index contributed by atoms with van der Waals surface area (Å²) in [5.41, 5.74) is 2.02. The summed E-state index contributed by atoms with van der Waals surface area (Å²) in [5.74, 6) is 1.08. The summed E-state index contributed by atoms with van der Waals surface area (Å²) in [6, 6.07) is 11.8. The minimum atomic E-state index is -0.0571. The predicted octanol–water partition coefficient (Wildman–Crippen LogP) is 3.25. The second kappa shape index (κ2) is 8.02. The van der Waals surface area contributed by atoms with Crippen LogP contribution in [0, 0.1) is 0 Å². The molecule has 0 saturated heterocycles. The molecule has 1 amide bonds. The van der Waals surface area contributed by atoms with Crippen LogP contribution in [0.2, 0.25) is 0 Å². The first kappa shape index (κ1) is 17.3. The Balaban J connectivity index is 1.67. The van der Waals surface area contributed by atoms with Gasteiger partial charge in [-0.2, -0.15) is 0 Å². The standard InChI is InChI=1S/C18H21N5OS/c1-3-14-8-7-9-15(12-14)19-17(24)13-25-18-21-20-16(4-2)23(18)22-10-5-6-11-22/h5-12H,3-4,13H2,1-2H3,(H,19,24). The zero-order valence-electron chi connectivity index (χ0n) is 14.3. The van der Waals surface area contributed by atoms with Crippen LogP contribution in [0.15, 0.2) is 53.9 Å². The van der Waals surface area contributed by atoms with E-state index in [-0.39, 0.29) is 11.7 Å². The third kappa shape index (κ3) is 4.11. The lowest BCUT2D eigenvalue weighted by Crippen LogP contribution is -2.16. The van der Waals surface area contributed by atoms with E-state index < -0.39 is 0 Å². The van der Waals surface area contributed by atoms with E-state index in [9.17, 15) is 4.79 Å². The van der Waals surface area contributed by atoms with Crippen LogP contribution in [0.25, 0.3) is 0 Å². The number of aryl methyl sites for hydroxylation is 2. The highest BCUT2D eigenvalue weighted by Gasteiger charge is 2.14. The van der Waals surface area contributed by atoms with E-state index in [0.717, 1.165) is 24.4 Å². The average Bonchev–Trinajstić information content (AvgIpc) is 3.28. The van der Waals surface area contributed by atoms with Gasteiger partial charge in [-0.1, -0.05) is 37.7 Å². The van der Waals surface area contributed by atoms with Crippen molar-refractivity contribution >= 4 is 23.4 Å². The van der Waals surface area contributed by atoms with Crippen LogP contribution >= 0.6 is 11.8 Å². The van der Waals surface area contributed by atoms with Crippen molar-refractivity contribution in [2.24, 2.45) is 0 Å². The fourth-order valence-corrected chi connectivity index (χ4v) is 3.25. The van der Waals surface area contributed by atoms with Gasteiger partial charge in [0.25, 0.3) is 0 Å². The molecular weight excluding hydrogens is 334 g/mol. The Hall–Kier alpha value is -2.54. The number of carbonyl (C=O) groups is 1. The SMILES string of the molecule is CCc1cccc(NC(=O)CSc2nnc(CC)n2-n2cccc2)c1. The summed E-state index contributed by atoms with van der Waals surface area (Å²) in [4.78, 5) is 12.3.